The number of aromatic nitrogens is 1. The van der Waals surface area contributed by atoms with Crippen LogP contribution in [0.3, 0.4) is 0 Å². The van der Waals surface area contributed by atoms with E-state index in [-0.39, 0.29) is 89.1 Å². The van der Waals surface area contributed by atoms with E-state index < -0.39 is 174 Å². The Morgan fingerprint density at radius 1 is 0.421 bits per heavy atom. The molecular formula is C73H100N16O16S2. The Bertz CT molecular complexity index is 3800. The largest absolute Gasteiger partial charge is 0.394 e. The van der Waals surface area contributed by atoms with E-state index in [4.69, 9.17) is 17.2 Å². The minimum absolute atomic E-state index is 0.0396. The van der Waals surface area contributed by atoms with Crippen molar-refractivity contribution in [2.75, 3.05) is 44.3 Å². The zero-order valence-electron chi connectivity index (χ0n) is 59.6. The number of hydrogen-bond acceptors (Lipinski definition) is 22. The molecule has 580 valence electrons. The van der Waals surface area contributed by atoms with E-state index in [0.717, 1.165) is 6.92 Å². The topological polar surface area (TPSA) is 521 Å². The molecule has 4 aromatic carbocycles. The number of aliphatic hydroxyl groups excluding tert-OH is 3. The molecule has 32 nitrogen and oxygen atoms in total. The number of carbonyl (C=O) groups is 13. The van der Waals surface area contributed by atoms with E-state index in [0.29, 0.717) is 46.0 Å². The molecule has 1 saturated heterocycles. The van der Waals surface area contributed by atoms with Crippen molar-refractivity contribution in [3.8, 4) is 0 Å². The highest BCUT2D eigenvalue weighted by atomic mass is 32.1. The fourth-order valence-corrected chi connectivity index (χ4v) is 12.4. The summed E-state index contributed by atoms with van der Waals surface area (Å²) in [5.41, 5.74) is 20.1. The summed E-state index contributed by atoms with van der Waals surface area (Å²) in [6.45, 7) is 1.25. The van der Waals surface area contributed by atoms with Gasteiger partial charge in [0.05, 0.1) is 37.3 Å². The number of carbonyl (C=O) groups excluding carboxylic acids is 13. The molecule has 0 saturated carbocycles. The number of benzene rings is 4. The fourth-order valence-electron chi connectivity index (χ4n) is 11.8. The second kappa shape index (κ2) is 44.5. The minimum atomic E-state index is -1.95. The molecular weight excluding hydrogens is 1420 g/mol. The van der Waals surface area contributed by atoms with Crippen molar-refractivity contribution in [2.24, 2.45) is 17.2 Å². The van der Waals surface area contributed by atoms with Crippen molar-refractivity contribution in [2.45, 2.75) is 169 Å². The first-order valence-electron chi connectivity index (χ1n) is 35.4. The number of Topliss-reactive ketones (excluding diaryl/α,β-unsaturated/α-hetero) is 2. The predicted octanol–water partition coefficient (Wildman–Crippen LogP) is -3.90. The SMILES string of the molecule is C[C@@H](O)[C@@H]1NC(=O)[C@H](CCCCN)NC(=O)C(Cc2c[nH]c3ccccc23)NC(=O)[C@H](Cc2ccccc2)NC(=O)C(Cc2ccccc2)NC(=O)[C@H](CC(N)=O)NC(=O)C(CCCCN)NC(=O)[C@H](CS)NCCN[C@@H](CS)C(=O)C(=O)[C@H](CO)NC(=O)[C@H]([C@@H](C)O)NC(=O)[C@H](Cc2ccccc2)NC1=O. The van der Waals surface area contributed by atoms with Crippen LogP contribution in [0, 0.1) is 0 Å². The highest BCUT2D eigenvalue weighted by molar-refractivity contribution is 7.80. The third-order valence-corrected chi connectivity index (χ3v) is 18.5. The molecule has 1 aliphatic rings. The van der Waals surface area contributed by atoms with Crippen LogP contribution < -0.4 is 81.0 Å². The molecule has 0 aliphatic carbocycles. The summed E-state index contributed by atoms with van der Waals surface area (Å²) in [6.07, 6.45) is -2.62. The maximum absolute atomic E-state index is 15.3. The van der Waals surface area contributed by atoms with Crippen molar-refractivity contribution in [3.05, 3.63) is 144 Å². The molecule has 3 unspecified atom stereocenters. The normalized spacial score (nSPS) is 24.6. The smallest absolute Gasteiger partial charge is 0.245 e. The molecule has 1 aromatic heterocycles. The summed E-state index contributed by atoms with van der Waals surface area (Å²) < 4.78 is 0. The van der Waals surface area contributed by atoms with Crippen molar-refractivity contribution in [3.63, 3.8) is 0 Å². The summed E-state index contributed by atoms with van der Waals surface area (Å²) >= 11 is 8.59. The summed E-state index contributed by atoms with van der Waals surface area (Å²) in [5, 5.41) is 64.9. The number of nitrogens with two attached hydrogens (primary N) is 3. The molecule has 1 fully saturated rings. The number of hydrogen-bond donors (Lipinski definition) is 21. The van der Waals surface area contributed by atoms with Crippen LogP contribution in [0.15, 0.2) is 121 Å². The quantitative estimate of drug-likeness (QED) is 0.0169. The number of H-pyrrole nitrogens is 1. The molecule has 1 aliphatic heterocycles. The number of ketones is 2. The van der Waals surface area contributed by atoms with Gasteiger partial charge in [-0.3, -0.25) is 62.3 Å². The number of nitrogens with one attached hydrogen (secondary N) is 13. The number of amides is 11. The molecule has 6 rings (SSSR count). The Labute approximate surface area is 630 Å². The predicted molar refractivity (Wildman–Crippen MR) is 403 cm³/mol. The van der Waals surface area contributed by atoms with Gasteiger partial charge in [0, 0.05) is 67.4 Å². The number of aliphatic hydroxyl groups is 3. The number of rotatable bonds is 23. The summed E-state index contributed by atoms with van der Waals surface area (Å²) in [6, 6.07) is 12.8. The Balaban J connectivity index is 1.44. The lowest BCUT2D eigenvalue weighted by molar-refractivity contribution is -0.141. The van der Waals surface area contributed by atoms with Gasteiger partial charge in [0.25, 0.3) is 0 Å². The number of primary amides is 1. The number of fused-ring (bicyclic) bond motifs is 1. The summed E-state index contributed by atoms with van der Waals surface area (Å²) in [7, 11) is 0. The molecule has 11 amide bonds. The van der Waals surface area contributed by atoms with Crippen LogP contribution >= 0.6 is 25.3 Å². The van der Waals surface area contributed by atoms with Crippen molar-refractivity contribution < 1.29 is 77.6 Å². The van der Waals surface area contributed by atoms with Crippen LogP contribution in [0.4, 0.5) is 0 Å². The molecule has 34 heteroatoms. The van der Waals surface area contributed by atoms with Crippen LogP contribution in [-0.2, 0) is 88.0 Å². The zero-order chi connectivity index (χ0) is 78.1. The van der Waals surface area contributed by atoms with Gasteiger partial charge in [0.15, 0.2) is 0 Å². The maximum Gasteiger partial charge on any atom is 0.245 e. The third kappa shape index (κ3) is 27.3. The van der Waals surface area contributed by atoms with Gasteiger partial charge in [0.2, 0.25) is 76.5 Å². The van der Waals surface area contributed by atoms with E-state index in [9.17, 15) is 63.3 Å². The maximum atomic E-state index is 15.3. The minimum Gasteiger partial charge on any atom is -0.394 e. The van der Waals surface area contributed by atoms with Gasteiger partial charge in [-0.25, -0.2) is 0 Å². The third-order valence-electron chi connectivity index (χ3n) is 17.8. The standard InChI is InChI=1S/C73H100N16O16S2/c1-41(91)60-72(104)86-53(34-45-22-10-5-11-23-45)70(102)89-61(42(2)92)73(105)87-56(38-90)62(94)63(95)57(39-106)77-30-31-78-58(40-107)71(103)81-49(26-14-16-28-74)64(96)85-55(36-59(76)93)69(101)83-51(32-43-18-6-3-7-19-43)66(98)82-52(33-44-20-8-4-9-21-44)67(99)84-54(35-46-37-79-48-25-13-12-24-47(46)48)68(100)80-50(65(97)88-60)27-15-17-29-75/h3-13,18-25,37,41-42,49-58,60-61,77-79,90-92,106-107H,14-17,26-36,38-40,74-75H2,1-2H3,(H2,76,93)(H,80,100)(H,81,103)(H,82,98)(H,83,101)(H,84,99)(H,85,96)(H,86,104)(H,87,105)(H,88,97)(H,89,102)/t41-,42-,49?,50+,51?,52+,53+,54?,55+,56+,57+,58+,60+,61+/m1/s1. The fraction of sp³-hybridized carbons (Fsp3) is 0.466. The monoisotopic (exact) mass is 1520 g/mol. The van der Waals surface area contributed by atoms with Gasteiger partial charge in [-0.05, 0) is 93.8 Å². The van der Waals surface area contributed by atoms with Crippen molar-refractivity contribution in [1.82, 2.24) is 68.8 Å². The molecule has 107 heavy (non-hydrogen) atoms. The lowest BCUT2D eigenvalue weighted by Gasteiger charge is -2.29. The number of thiol groups is 2. The summed E-state index contributed by atoms with van der Waals surface area (Å²) in [5.74, 6) is -14.2. The molecule has 2 heterocycles. The Hall–Kier alpha value is -9.65. The molecule has 0 spiro atoms. The number of unbranched alkanes of at least 4 members (excludes halogenated alkanes) is 2. The van der Waals surface area contributed by atoms with Gasteiger partial charge in [-0.1, -0.05) is 109 Å². The Morgan fingerprint density at radius 2 is 0.757 bits per heavy atom. The first kappa shape index (κ1) is 86.3. The highest BCUT2D eigenvalue weighted by Gasteiger charge is 2.40. The van der Waals surface area contributed by atoms with Crippen molar-refractivity contribution >= 4 is 113 Å². The van der Waals surface area contributed by atoms with Crippen LogP contribution in [0.1, 0.15) is 81.0 Å². The van der Waals surface area contributed by atoms with Crippen LogP contribution in [0.2, 0.25) is 0 Å². The van der Waals surface area contributed by atoms with Crippen LogP contribution in [-0.4, -0.2) is 226 Å². The molecule has 5 aromatic rings. The molecule has 0 radical (unpaired) electrons. The van der Waals surface area contributed by atoms with Crippen LogP contribution in [0.25, 0.3) is 10.9 Å². The average molecular weight is 1520 g/mol. The van der Waals surface area contributed by atoms with E-state index in [1.165, 1.54) is 6.92 Å². The van der Waals surface area contributed by atoms with Crippen molar-refractivity contribution in [1.29, 1.82) is 0 Å². The van der Waals surface area contributed by atoms with E-state index >= 15 is 14.4 Å². The molecule has 14 atom stereocenters. The second-order valence-corrected chi connectivity index (χ2v) is 26.8. The highest BCUT2D eigenvalue weighted by Crippen LogP contribution is 2.21. The van der Waals surface area contributed by atoms with Crippen LogP contribution in [0.5, 0.6) is 0 Å². The number of aromatic amines is 1. The lowest BCUT2D eigenvalue weighted by Crippen LogP contribution is -2.63. The number of para-hydroxylation sites is 1. The van der Waals surface area contributed by atoms with Gasteiger partial charge in [-0.15, -0.1) is 0 Å². The van der Waals surface area contributed by atoms with Gasteiger partial charge in [-0.2, -0.15) is 25.3 Å². The second-order valence-electron chi connectivity index (χ2n) is 26.1. The van der Waals surface area contributed by atoms with E-state index in [2.05, 4.69) is 94.0 Å². The zero-order valence-corrected chi connectivity index (χ0v) is 61.4. The van der Waals surface area contributed by atoms with Gasteiger partial charge >= 0.3 is 0 Å². The Morgan fingerprint density at radius 3 is 1.18 bits per heavy atom. The van der Waals surface area contributed by atoms with Gasteiger partial charge in [0.1, 0.15) is 60.4 Å². The first-order chi connectivity index (χ1) is 51.3. The first-order valence-corrected chi connectivity index (χ1v) is 36.7. The average Bonchev–Trinajstić information content (AvgIpc) is 1.75. The lowest BCUT2D eigenvalue weighted by atomic mass is 10.00. The van der Waals surface area contributed by atoms with Gasteiger partial charge < -0.3 is 101 Å². The molecule has 0 bridgehead atoms. The molecule has 22 N–H and O–H groups in total. The van der Waals surface area contributed by atoms with E-state index in [1.807, 2.05) is 0 Å². The van der Waals surface area contributed by atoms with E-state index in [1.54, 1.807) is 121 Å². The summed E-state index contributed by atoms with van der Waals surface area (Å²) in [4.78, 5) is 190. The Kier molecular flexibility index (Phi) is 35.9.